The molecule has 2 aromatic rings. The van der Waals surface area contributed by atoms with E-state index in [2.05, 4.69) is 33.1 Å². The van der Waals surface area contributed by atoms with Gasteiger partial charge in [0.05, 0.1) is 18.4 Å². The first-order valence-electron chi connectivity index (χ1n) is 5.94. The number of aryl methyl sites for hydroxylation is 2. The summed E-state index contributed by atoms with van der Waals surface area (Å²) in [7, 11) is 1.93. The van der Waals surface area contributed by atoms with Gasteiger partial charge in [0.2, 0.25) is 5.95 Å². The summed E-state index contributed by atoms with van der Waals surface area (Å²) in [5.74, 6) is 0.938. The van der Waals surface area contributed by atoms with E-state index >= 15 is 0 Å². The van der Waals surface area contributed by atoms with Crippen LogP contribution in [-0.4, -0.2) is 25.9 Å². The van der Waals surface area contributed by atoms with Gasteiger partial charge in [-0.1, -0.05) is 6.92 Å². The predicted molar refractivity (Wildman–Crippen MR) is 68.1 cm³/mol. The molecule has 17 heavy (non-hydrogen) atoms. The van der Waals surface area contributed by atoms with Crippen molar-refractivity contribution >= 4 is 5.95 Å². The van der Waals surface area contributed by atoms with E-state index in [1.54, 1.807) is 0 Å². The molecular formula is C12H19N5. The number of imidazole rings is 1. The molecule has 2 rings (SSSR count). The molecule has 0 saturated heterocycles. The summed E-state index contributed by atoms with van der Waals surface area (Å²) in [6, 6.07) is 0. The highest BCUT2D eigenvalue weighted by molar-refractivity contribution is 5.29. The number of nitrogens with zero attached hydrogens (tertiary/aromatic N) is 4. The molecule has 0 aliphatic rings. The molecule has 0 bridgehead atoms. The molecule has 0 fully saturated rings. The van der Waals surface area contributed by atoms with Gasteiger partial charge in [-0.05, 0) is 13.3 Å². The minimum Gasteiger partial charge on any atom is -0.356 e. The number of nitrogens with one attached hydrogen (secondary N) is 1. The second-order valence-electron chi connectivity index (χ2n) is 4.28. The summed E-state index contributed by atoms with van der Waals surface area (Å²) >= 11 is 0. The molecule has 92 valence electrons. The van der Waals surface area contributed by atoms with Crippen molar-refractivity contribution < 1.29 is 0 Å². The molecule has 0 aromatic carbocycles. The fourth-order valence-electron chi connectivity index (χ4n) is 1.80. The molecule has 5 nitrogen and oxygen atoms in total. The smallest absolute Gasteiger partial charge is 0.203 e. The van der Waals surface area contributed by atoms with Gasteiger partial charge in [-0.15, -0.1) is 0 Å². The van der Waals surface area contributed by atoms with Gasteiger partial charge in [0, 0.05) is 31.5 Å². The Morgan fingerprint density at radius 2 is 2.18 bits per heavy atom. The normalized spacial score (nSPS) is 10.8. The molecule has 2 aromatic heterocycles. The number of hydrogen-bond donors (Lipinski definition) is 1. The zero-order valence-electron chi connectivity index (χ0n) is 10.6. The molecule has 0 saturated carbocycles. The summed E-state index contributed by atoms with van der Waals surface area (Å²) in [5, 5.41) is 7.51. The number of anilines is 1. The first-order chi connectivity index (χ1) is 8.19. The van der Waals surface area contributed by atoms with Gasteiger partial charge in [0.15, 0.2) is 0 Å². The minimum atomic E-state index is 0.806. The number of rotatable bonds is 5. The Kier molecular flexibility index (Phi) is 3.46. The molecule has 2 heterocycles. The molecule has 0 radical (unpaired) electrons. The van der Waals surface area contributed by atoms with Crippen molar-refractivity contribution in [3.05, 3.63) is 29.8 Å². The van der Waals surface area contributed by atoms with Crippen LogP contribution in [-0.2, 0) is 13.6 Å². The van der Waals surface area contributed by atoms with Crippen LogP contribution in [0.1, 0.15) is 24.6 Å². The van der Waals surface area contributed by atoms with Crippen LogP contribution in [0.15, 0.2) is 18.6 Å². The lowest BCUT2D eigenvalue weighted by Gasteiger charge is -2.07. The summed E-state index contributed by atoms with van der Waals surface area (Å²) < 4.78 is 3.94. The molecule has 0 atom stereocenters. The lowest BCUT2D eigenvalue weighted by molar-refractivity contribution is 0.762. The minimum absolute atomic E-state index is 0.806. The zero-order valence-corrected chi connectivity index (χ0v) is 10.6. The first kappa shape index (κ1) is 11.7. The maximum atomic E-state index is 4.48. The van der Waals surface area contributed by atoms with Crippen LogP contribution in [0.25, 0.3) is 0 Å². The third kappa shape index (κ3) is 2.87. The summed E-state index contributed by atoms with van der Waals surface area (Å²) in [4.78, 5) is 4.48. The van der Waals surface area contributed by atoms with E-state index in [0.717, 1.165) is 31.2 Å². The first-order valence-corrected chi connectivity index (χ1v) is 5.94. The van der Waals surface area contributed by atoms with Gasteiger partial charge < -0.3 is 9.88 Å². The van der Waals surface area contributed by atoms with Gasteiger partial charge in [0.25, 0.3) is 0 Å². The number of aromatic nitrogens is 4. The van der Waals surface area contributed by atoms with Gasteiger partial charge in [0.1, 0.15) is 0 Å². The van der Waals surface area contributed by atoms with Crippen molar-refractivity contribution in [2.75, 3.05) is 11.9 Å². The van der Waals surface area contributed by atoms with Crippen molar-refractivity contribution in [3.8, 4) is 0 Å². The lowest BCUT2D eigenvalue weighted by Crippen LogP contribution is -2.08. The van der Waals surface area contributed by atoms with Crippen LogP contribution in [0, 0.1) is 6.92 Å². The maximum absolute atomic E-state index is 4.48. The lowest BCUT2D eigenvalue weighted by atomic mass is 10.3. The molecule has 0 spiro atoms. The Bertz CT molecular complexity index is 483. The van der Waals surface area contributed by atoms with Gasteiger partial charge >= 0.3 is 0 Å². The summed E-state index contributed by atoms with van der Waals surface area (Å²) in [6.07, 6.45) is 7.07. The van der Waals surface area contributed by atoms with Gasteiger partial charge in [-0.3, -0.25) is 4.68 Å². The van der Waals surface area contributed by atoms with Crippen LogP contribution >= 0.6 is 0 Å². The third-order valence-corrected chi connectivity index (χ3v) is 2.54. The standard InChI is InChI=1S/C12H19N5/c1-4-5-13-12-15-10(2)7-17(12)9-11-6-14-16(3)8-11/h6-8H,4-5,9H2,1-3H3,(H,13,15). The van der Waals surface area contributed by atoms with E-state index in [1.807, 2.05) is 31.0 Å². The second kappa shape index (κ2) is 5.03. The molecule has 0 amide bonds. The van der Waals surface area contributed by atoms with E-state index in [-0.39, 0.29) is 0 Å². The van der Waals surface area contributed by atoms with E-state index in [0.29, 0.717) is 0 Å². The second-order valence-corrected chi connectivity index (χ2v) is 4.28. The molecular weight excluding hydrogens is 214 g/mol. The Balaban J connectivity index is 2.14. The monoisotopic (exact) mass is 233 g/mol. The fraction of sp³-hybridized carbons (Fsp3) is 0.500. The summed E-state index contributed by atoms with van der Waals surface area (Å²) in [5.41, 5.74) is 2.22. The Morgan fingerprint density at radius 1 is 1.35 bits per heavy atom. The maximum Gasteiger partial charge on any atom is 0.203 e. The van der Waals surface area contributed by atoms with Crippen LogP contribution in [0.3, 0.4) is 0 Å². The largest absolute Gasteiger partial charge is 0.356 e. The SMILES string of the molecule is CCCNc1nc(C)cn1Cc1cnn(C)c1. The van der Waals surface area contributed by atoms with Crippen molar-refractivity contribution in [1.29, 1.82) is 0 Å². The van der Waals surface area contributed by atoms with Gasteiger partial charge in [-0.2, -0.15) is 5.10 Å². The fourth-order valence-corrected chi connectivity index (χ4v) is 1.80. The van der Waals surface area contributed by atoms with Crippen LogP contribution in [0.4, 0.5) is 5.95 Å². The zero-order chi connectivity index (χ0) is 12.3. The molecule has 0 aliphatic heterocycles. The van der Waals surface area contributed by atoms with Crippen LogP contribution in [0.2, 0.25) is 0 Å². The highest BCUT2D eigenvalue weighted by atomic mass is 15.2. The van der Waals surface area contributed by atoms with Crippen molar-refractivity contribution in [3.63, 3.8) is 0 Å². The van der Waals surface area contributed by atoms with Crippen LogP contribution in [0.5, 0.6) is 0 Å². The van der Waals surface area contributed by atoms with Gasteiger partial charge in [-0.25, -0.2) is 4.98 Å². The summed E-state index contributed by atoms with van der Waals surface area (Å²) in [6.45, 7) is 5.91. The predicted octanol–water partition coefficient (Wildman–Crippen LogP) is 1.80. The van der Waals surface area contributed by atoms with E-state index in [9.17, 15) is 0 Å². The van der Waals surface area contributed by atoms with Crippen molar-refractivity contribution in [2.45, 2.75) is 26.8 Å². The Labute approximate surface area is 101 Å². The average Bonchev–Trinajstić information content (AvgIpc) is 2.83. The molecule has 0 unspecified atom stereocenters. The third-order valence-electron chi connectivity index (χ3n) is 2.54. The number of hydrogen-bond acceptors (Lipinski definition) is 3. The highest BCUT2D eigenvalue weighted by Crippen LogP contribution is 2.11. The van der Waals surface area contributed by atoms with E-state index in [1.165, 1.54) is 5.56 Å². The molecule has 1 N–H and O–H groups in total. The van der Waals surface area contributed by atoms with Crippen molar-refractivity contribution in [2.24, 2.45) is 7.05 Å². The Morgan fingerprint density at radius 3 is 2.82 bits per heavy atom. The average molecular weight is 233 g/mol. The highest BCUT2D eigenvalue weighted by Gasteiger charge is 2.06. The molecule has 0 aliphatic carbocycles. The molecule has 5 heteroatoms. The van der Waals surface area contributed by atoms with E-state index < -0.39 is 0 Å². The van der Waals surface area contributed by atoms with Crippen molar-refractivity contribution in [1.82, 2.24) is 19.3 Å². The Hall–Kier alpha value is -1.78. The quantitative estimate of drug-likeness (QED) is 0.856. The topological polar surface area (TPSA) is 47.7 Å². The van der Waals surface area contributed by atoms with E-state index in [4.69, 9.17) is 0 Å². The van der Waals surface area contributed by atoms with Crippen LogP contribution < -0.4 is 5.32 Å².